The summed E-state index contributed by atoms with van der Waals surface area (Å²) >= 11 is 6.09. The predicted octanol–water partition coefficient (Wildman–Crippen LogP) is 3.50. The van der Waals surface area contributed by atoms with Gasteiger partial charge >= 0.3 is 0 Å². The van der Waals surface area contributed by atoms with Gasteiger partial charge in [-0.15, -0.1) is 0 Å². The summed E-state index contributed by atoms with van der Waals surface area (Å²) in [5.74, 6) is -0.288. The smallest absolute Gasteiger partial charge is 0.217 e. The van der Waals surface area contributed by atoms with Crippen LogP contribution < -0.4 is 11.1 Å². The highest BCUT2D eigenvalue weighted by molar-refractivity contribution is 6.33. The number of amides is 1. The maximum absolute atomic E-state index is 10.8. The molecule has 98 valence electrons. The summed E-state index contributed by atoms with van der Waals surface area (Å²) in [6, 6.07) is 15.4. The van der Waals surface area contributed by atoms with Gasteiger partial charge < -0.3 is 11.1 Å². The second-order valence-corrected chi connectivity index (χ2v) is 4.68. The highest BCUT2D eigenvalue weighted by Gasteiger charge is 2.02. The van der Waals surface area contributed by atoms with Crippen LogP contribution in [0.4, 0.5) is 11.4 Å². The molecule has 3 nitrogen and oxygen atoms in total. The van der Waals surface area contributed by atoms with E-state index in [9.17, 15) is 4.79 Å². The number of hydrogen-bond donors (Lipinski definition) is 2. The average Bonchev–Trinajstić information content (AvgIpc) is 2.40. The van der Waals surface area contributed by atoms with Crippen molar-refractivity contribution in [3.8, 4) is 0 Å². The minimum Gasteiger partial charge on any atom is -0.370 e. The van der Waals surface area contributed by atoms with E-state index in [-0.39, 0.29) is 5.91 Å². The van der Waals surface area contributed by atoms with Crippen LogP contribution in [-0.4, -0.2) is 5.91 Å². The number of carbonyl (C=O) groups excluding carboxylic acids is 1. The molecule has 0 atom stereocenters. The molecule has 0 spiro atoms. The van der Waals surface area contributed by atoms with E-state index < -0.39 is 0 Å². The van der Waals surface area contributed by atoms with Crippen LogP contribution in [0.3, 0.4) is 0 Å². The molecule has 19 heavy (non-hydrogen) atoms. The lowest BCUT2D eigenvalue weighted by molar-refractivity contribution is -0.117. The highest BCUT2D eigenvalue weighted by Crippen LogP contribution is 2.25. The summed E-state index contributed by atoms with van der Waals surface area (Å²) in [6.07, 6.45) is 1.00. The SMILES string of the molecule is NC(=O)CCc1cccc(Nc2ccccc2Cl)c1. The zero-order valence-corrected chi connectivity index (χ0v) is 11.2. The monoisotopic (exact) mass is 274 g/mol. The van der Waals surface area contributed by atoms with Crippen molar-refractivity contribution >= 4 is 28.9 Å². The first-order chi connectivity index (χ1) is 9.15. The van der Waals surface area contributed by atoms with Gasteiger partial charge in [0, 0.05) is 12.1 Å². The van der Waals surface area contributed by atoms with Crippen molar-refractivity contribution in [2.75, 3.05) is 5.32 Å². The lowest BCUT2D eigenvalue weighted by Crippen LogP contribution is -2.11. The van der Waals surface area contributed by atoms with Crippen LogP contribution in [-0.2, 0) is 11.2 Å². The molecule has 0 radical (unpaired) electrons. The summed E-state index contributed by atoms with van der Waals surface area (Å²) in [5, 5.41) is 3.92. The van der Waals surface area contributed by atoms with Gasteiger partial charge in [0.2, 0.25) is 5.91 Å². The number of halogens is 1. The lowest BCUT2D eigenvalue weighted by atomic mass is 10.1. The Morgan fingerprint density at radius 2 is 1.95 bits per heavy atom. The number of carbonyl (C=O) groups is 1. The summed E-state index contributed by atoms with van der Waals surface area (Å²) in [5.41, 5.74) is 8.01. The van der Waals surface area contributed by atoms with Gasteiger partial charge in [0.05, 0.1) is 10.7 Å². The fourth-order valence-corrected chi connectivity index (χ4v) is 1.97. The third-order valence-electron chi connectivity index (χ3n) is 2.74. The molecule has 2 aromatic carbocycles. The molecule has 0 heterocycles. The van der Waals surface area contributed by atoms with Gasteiger partial charge in [-0.3, -0.25) is 4.79 Å². The van der Waals surface area contributed by atoms with E-state index in [0.29, 0.717) is 17.9 Å². The van der Waals surface area contributed by atoms with E-state index in [0.717, 1.165) is 16.9 Å². The van der Waals surface area contributed by atoms with Crippen LogP contribution >= 0.6 is 11.6 Å². The Balaban J connectivity index is 2.11. The summed E-state index contributed by atoms with van der Waals surface area (Å²) in [6.45, 7) is 0. The molecule has 0 aliphatic rings. The van der Waals surface area contributed by atoms with Gasteiger partial charge in [-0.25, -0.2) is 0 Å². The number of benzene rings is 2. The average molecular weight is 275 g/mol. The zero-order valence-electron chi connectivity index (χ0n) is 10.4. The van der Waals surface area contributed by atoms with Crippen LogP contribution in [0, 0.1) is 0 Å². The summed E-state index contributed by atoms with van der Waals surface area (Å²) < 4.78 is 0. The fourth-order valence-electron chi connectivity index (χ4n) is 1.79. The maximum atomic E-state index is 10.8. The molecule has 1 amide bonds. The normalized spacial score (nSPS) is 10.2. The van der Waals surface area contributed by atoms with Gasteiger partial charge in [-0.1, -0.05) is 35.9 Å². The minimum atomic E-state index is -0.288. The molecule has 0 unspecified atom stereocenters. The molecule has 0 aromatic heterocycles. The Hall–Kier alpha value is -2.00. The minimum absolute atomic E-state index is 0.288. The van der Waals surface area contributed by atoms with Gasteiger partial charge in [0.1, 0.15) is 0 Å². The van der Waals surface area contributed by atoms with Crippen molar-refractivity contribution in [3.05, 3.63) is 59.1 Å². The second kappa shape index (κ2) is 6.25. The van der Waals surface area contributed by atoms with Crippen molar-refractivity contribution in [1.82, 2.24) is 0 Å². The third kappa shape index (κ3) is 4.00. The second-order valence-electron chi connectivity index (χ2n) is 4.27. The van der Waals surface area contributed by atoms with Gasteiger partial charge in [0.15, 0.2) is 0 Å². The maximum Gasteiger partial charge on any atom is 0.217 e. The fraction of sp³-hybridized carbons (Fsp3) is 0.133. The molecule has 3 N–H and O–H groups in total. The van der Waals surface area contributed by atoms with Gasteiger partial charge in [-0.2, -0.15) is 0 Å². The number of para-hydroxylation sites is 1. The van der Waals surface area contributed by atoms with Crippen LogP contribution in [0.2, 0.25) is 5.02 Å². The van der Waals surface area contributed by atoms with E-state index >= 15 is 0 Å². The number of rotatable bonds is 5. The number of primary amides is 1. The van der Waals surface area contributed by atoms with E-state index in [1.165, 1.54) is 0 Å². The highest BCUT2D eigenvalue weighted by atomic mass is 35.5. The van der Waals surface area contributed by atoms with Crippen LogP contribution in [0.1, 0.15) is 12.0 Å². The number of nitrogens with one attached hydrogen (secondary N) is 1. The molecular weight excluding hydrogens is 260 g/mol. The Morgan fingerprint density at radius 1 is 1.16 bits per heavy atom. The summed E-state index contributed by atoms with van der Waals surface area (Å²) in [7, 11) is 0. The first-order valence-corrected chi connectivity index (χ1v) is 6.42. The lowest BCUT2D eigenvalue weighted by Gasteiger charge is -2.09. The van der Waals surface area contributed by atoms with Crippen LogP contribution in [0.5, 0.6) is 0 Å². The Morgan fingerprint density at radius 3 is 2.68 bits per heavy atom. The van der Waals surface area contributed by atoms with Gasteiger partial charge in [0.25, 0.3) is 0 Å². The zero-order chi connectivity index (χ0) is 13.7. The Kier molecular flexibility index (Phi) is 4.42. The molecule has 0 fully saturated rings. The quantitative estimate of drug-likeness (QED) is 0.877. The number of anilines is 2. The van der Waals surface area contributed by atoms with E-state index in [2.05, 4.69) is 5.32 Å². The molecular formula is C15H15ClN2O. The topological polar surface area (TPSA) is 55.1 Å². The van der Waals surface area contributed by atoms with E-state index in [1.54, 1.807) is 0 Å². The molecule has 2 aromatic rings. The molecule has 0 aliphatic heterocycles. The largest absolute Gasteiger partial charge is 0.370 e. The predicted molar refractivity (Wildman–Crippen MR) is 78.7 cm³/mol. The Bertz CT molecular complexity index is 584. The van der Waals surface area contributed by atoms with Crippen molar-refractivity contribution < 1.29 is 4.79 Å². The molecule has 0 aliphatic carbocycles. The van der Waals surface area contributed by atoms with Crippen LogP contribution in [0.25, 0.3) is 0 Å². The standard InChI is InChI=1S/C15H15ClN2O/c16-13-6-1-2-7-14(13)18-12-5-3-4-11(10-12)8-9-15(17)19/h1-7,10,18H,8-9H2,(H2,17,19). The first-order valence-electron chi connectivity index (χ1n) is 6.04. The van der Waals surface area contributed by atoms with Crippen molar-refractivity contribution in [2.24, 2.45) is 5.73 Å². The first kappa shape index (κ1) is 13.4. The molecule has 0 saturated carbocycles. The Labute approximate surface area is 117 Å². The van der Waals surface area contributed by atoms with Crippen LogP contribution in [0.15, 0.2) is 48.5 Å². The molecule has 4 heteroatoms. The number of nitrogens with two attached hydrogens (primary N) is 1. The van der Waals surface area contributed by atoms with E-state index in [1.807, 2.05) is 48.5 Å². The molecule has 0 saturated heterocycles. The van der Waals surface area contributed by atoms with Crippen molar-refractivity contribution in [1.29, 1.82) is 0 Å². The summed E-state index contributed by atoms with van der Waals surface area (Å²) in [4.78, 5) is 10.8. The van der Waals surface area contributed by atoms with Crippen molar-refractivity contribution in [2.45, 2.75) is 12.8 Å². The van der Waals surface area contributed by atoms with E-state index in [4.69, 9.17) is 17.3 Å². The van der Waals surface area contributed by atoms with Crippen molar-refractivity contribution in [3.63, 3.8) is 0 Å². The molecule has 2 rings (SSSR count). The van der Waals surface area contributed by atoms with Gasteiger partial charge in [-0.05, 0) is 36.2 Å². The number of hydrogen-bond acceptors (Lipinski definition) is 2. The molecule has 0 bridgehead atoms. The number of aryl methyl sites for hydroxylation is 1. The third-order valence-corrected chi connectivity index (χ3v) is 3.07.